The first-order valence-electron chi connectivity index (χ1n) is 7.51. The SMILES string of the molecule is CCC1(c2cnc(CCNC3CC3)o2)CCCC1. The number of rotatable bonds is 6. The van der Waals surface area contributed by atoms with E-state index in [1.807, 2.05) is 6.20 Å². The van der Waals surface area contributed by atoms with E-state index in [-0.39, 0.29) is 0 Å². The molecule has 0 unspecified atom stereocenters. The van der Waals surface area contributed by atoms with Gasteiger partial charge >= 0.3 is 0 Å². The summed E-state index contributed by atoms with van der Waals surface area (Å²) in [7, 11) is 0. The summed E-state index contributed by atoms with van der Waals surface area (Å²) in [6, 6.07) is 0.774. The predicted octanol–water partition coefficient (Wildman–Crippen LogP) is 3.19. The molecule has 0 bridgehead atoms. The molecule has 0 aromatic carbocycles. The molecule has 2 aliphatic rings. The Balaban J connectivity index is 1.60. The highest BCUT2D eigenvalue weighted by atomic mass is 16.4. The van der Waals surface area contributed by atoms with Crippen LogP contribution < -0.4 is 5.32 Å². The standard InChI is InChI=1S/C15H24N2O/c1-2-15(8-3-4-9-15)13-11-17-14(18-13)7-10-16-12-5-6-12/h11-12,16H,2-10H2,1H3. The maximum absolute atomic E-state index is 6.01. The number of oxazole rings is 1. The van der Waals surface area contributed by atoms with Gasteiger partial charge in [0.25, 0.3) is 0 Å². The lowest BCUT2D eigenvalue weighted by atomic mass is 9.81. The second kappa shape index (κ2) is 5.04. The van der Waals surface area contributed by atoms with Crippen LogP contribution in [0.3, 0.4) is 0 Å². The predicted molar refractivity (Wildman–Crippen MR) is 71.7 cm³/mol. The molecule has 1 heterocycles. The van der Waals surface area contributed by atoms with Crippen LogP contribution in [0.15, 0.2) is 10.6 Å². The molecule has 18 heavy (non-hydrogen) atoms. The zero-order valence-electron chi connectivity index (χ0n) is 11.4. The summed E-state index contributed by atoms with van der Waals surface area (Å²) in [4.78, 5) is 4.46. The number of nitrogens with zero attached hydrogens (tertiary/aromatic N) is 1. The van der Waals surface area contributed by atoms with Crippen LogP contribution in [0.5, 0.6) is 0 Å². The Labute approximate surface area is 109 Å². The maximum atomic E-state index is 6.01. The summed E-state index contributed by atoms with van der Waals surface area (Å²) in [5.74, 6) is 2.06. The molecule has 2 saturated carbocycles. The van der Waals surface area contributed by atoms with E-state index in [9.17, 15) is 0 Å². The lowest BCUT2D eigenvalue weighted by Crippen LogP contribution is -2.20. The van der Waals surface area contributed by atoms with Crippen molar-refractivity contribution in [3.05, 3.63) is 17.8 Å². The van der Waals surface area contributed by atoms with Crippen LogP contribution in [0, 0.1) is 0 Å². The van der Waals surface area contributed by atoms with Crippen molar-refractivity contribution < 1.29 is 4.42 Å². The Morgan fingerprint density at radius 1 is 1.39 bits per heavy atom. The minimum absolute atomic E-state index is 0.301. The molecule has 3 nitrogen and oxygen atoms in total. The van der Waals surface area contributed by atoms with E-state index in [1.165, 1.54) is 44.9 Å². The second-order valence-electron chi connectivity index (χ2n) is 5.94. The van der Waals surface area contributed by atoms with Crippen LogP contribution in [-0.2, 0) is 11.8 Å². The fourth-order valence-corrected chi connectivity index (χ4v) is 3.17. The smallest absolute Gasteiger partial charge is 0.195 e. The van der Waals surface area contributed by atoms with Gasteiger partial charge in [0, 0.05) is 24.4 Å². The van der Waals surface area contributed by atoms with Gasteiger partial charge in [-0.1, -0.05) is 19.8 Å². The molecule has 2 aliphatic carbocycles. The molecule has 3 rings (SSSR count). The Morgan fingerprint density at radius 3 is 2.83 bits per heavy atom. The lowest BCUT2D eigenvalue weighted by molar-refractivity contribution is 0.316. The molecule has 1 aromatic heterocycles. The van der Waals surface area contributed by atoms with Gasteiger partial charge in [0.15, 0.2) is 5.89 Å². The maximum Gasteiger partial charge on any atom is 0.195 e. The molecular weight excluding hydrogens is 224 g/mol. The summed E-state index contributed by atoms with van der Waals surface area (Å²) in [6.07, 6.45) is 12.0. The number of hydrogen-bond donors (Lipinski definition) is 1. The third-order valence-corrected chi connectivity index (χ3v) is 4.66. The first-order valence-corrected chi connectivity index (χ1v) is 7.51. The molecule has 100 valence electrons. The summed E-state index contributed by atoms with van der Waals surface area (Å²) in [5.41, 5.74) is 0.301. The fourth-order valence-electron chi connectivity index (χ4n) is 3.17. The first kappa shape index (κ1) is 12.2. The van der Waals surface area contributed by atoms with Gasteiger partial charge in [-0.15, -0.1) is 0 Å². The van der Waals surface area contributed by atoms with Crippen LogP contribution in [0.25, 0.3) is 0 Å². The molecule has 1 aromatic rings. The molecule has 0 spiro atoms. The molecule has 0 saturated heterocycles. The highest BCUT2D eigenvalue weighted by molar-refractivity contribution is 5.13. The van der Waals surface area contributed by atoms with Gasteiger partial charge in [0.05, 0.1) is 6.20 Å². The summed E-state index contributed by atoms with van der Waals surface area (Å²) >= 11 is 0. The number of hydrogen-bond acceptors (Lipinski definition) is 3. The zero-order chi connectivity index (χ0) is 12.4. The lowest BCUT2D eigenvalue weighted by Gasteiger charge is -2.23. The van der Waals surface area contributed by atoms with Crippen molar-refractivity contribution in [2.24, 2.45) is 0 Å². The van der Waals surface area contributed by atoms with Crippen molar-refractivity contribution in [3.63, 3.8) is 0 Å². The quantitative estimate of drug-likeness (QED) is 0.840. The van der Waals surface area contributed by atoms with E-state index in [1.54, 1.807) is 0 Å². The number of aromatic nitrogens is 1. The summed E-state index contributed by atoms with van der Waals surface area (Å²) in [6.45, 7) is 3.28. The van der Waals surface area contributed by atoms with Crippen LogP contribution in [0.1, 0.15) is 63.5 Å². The average molecular weight is 248 g/mol. The second-order valence-corrected chi connectivity index (χ2v) is 5.94. The van der Waals surface area contributed by atoms with E-state index in [4.69, 9.17) is 4.42 Å². The molecule has 0 aliphatic heterocycles. The van der Waals surface area contributed by atoms with Gasteiger partial charge in [-0.3, -0.25) is 0 Å². The molecule has 0 radical (unpaired) electrons. The molecule has 0 amide bonds. The minimum atomic E-state index is 0.301. The van der Waals surface area contributed by atoms with Crippen molar-refractivity contribution in [1.29, 1.82) is 0 Å². The minimum Gasteiger partial charge on any atom is -0.445 e. The first-order chi connectivity index (χ1) is 8.82. The fraction of sp³-hybridized carbons (Fsp3) is 0.800. The number of nitrogens with one attached hydrogen (secondary N) is 1. The largest absolute Gasteiger partial charge is 0.445 e. The van der Waals surface area contributed by atoms with E-state index in [2.05, 4.69) is 17.2 Å². The average Bonchev–Trinajstić information content (AvgIpc) is 2.92. The van der Waals surface area contributed by atoms with Gasteiger partial charge in [-0.05, 0) is 32.1 Å². The molecule has 3 heteroatoms. The van der Waals surface area contributed by atoms with Gasteiger partial charge in [0.1, 0.15) is 5.76 Å². The third-order valence-electron chi connectivity index (χ3n) is 4.66. The topological polar surface area (TPSA) is 38.1 Å². The van der Waals surface area contributed by atoms with Gasteiger partial charge in [0.2, 0.25) is 0 Å². The van der Waals surface area contributed by atoms with Crippen LogP contribution >= 0.6 is 0 Å². The highest BCUT2D eigenvalue weighted by Crippen LogP contribution is 2.43. The Morgan fingerprint density at radius 2 is 2.17 bits per heavy atom. The summed E-state index contributed by atoms with van der Waals surface area (Å²) in [5, 5.41) is 3.51. The highest BCUT2D eigenvalue weighted by Gasteiger charge is 2.37. The van der Waals surface area contributed by atoms with E-state index < -0.39 is 0 Å². The van der Waals surface area contributed by atoms with Crippen LogP contribution in [0.4, 0.5) is 0 Å². The molecule has 0 atom stereocenters. The van der Waals surface area contributed by atoms with Crippen LogP contribution in [0.2, 0.25) is 0 Å². The van der Waals surface area contributed by atoms with Crippen molar-refractivity contribution in [2.75, 3.05) is 6.54 Å². The van der Waals surface area contributed by atoms with Crippen molar-refractivity contribution in [2.45, 2.75) is 69.7 Å². The molecular formula is C15H24N2O. The Bertz CT molecular complexity index is 389. The Kier molecular flexibility index (Phi) is 3.42. The Hall–Kier alpha value is -0.830. The van der Waals surface area contributed by atoms with Crippen LogP contribution in [-0.4, -0.2) is 17.6 Å². The van der Waals surface area contributed by atoms with Gasteiger partial charge in [-0.2, -0.15) is 0 Å². The zero-order valence-corrected chi connectivity index (χ0v) is 11.4. The monoisotopic (exact) mass is 248 g/mol. The molecule has 2 fully saturated rings. The van der Waals surface area contributed by atoms with E-state index in [0.29, 0.717) is 5.41 Å². The third kappa shape index (κ3) is 2.46. The van der Waals surface area contributed by atoms with Crippen molar-refractivity contribution in [1.82, 2.24) is 10.3 Å². The van der Waals surface area contributed by atoms with Crippen molar-refractivity contribution in [3.8, 4) is 0 Å². The van der Waals surface area contributed by atoms with Gasteiger partial charge in [-0.25, -0.2) is 4.98 Å². The van der Waals surface area contributed by atoms with E-state index >= 15 is 0 Å². The summed E-state index contributed by atoms with van der Waals surface area (Å²) < 4.78 is 6.01. The normalized spacial score (nSPS) is 22.5. The van der Waals surface area contributed by atoms with E-state index in [0.717, 1.165) is 30.7 Å². The molecule has 1 N–H and O–H groups in total. The van der Waals surface area contributed by atoms with Gasteiger partial charge < -0.3 is 9.73 Å². The van der Waals surface area contributed by atoms with Crippen molar-refractivity contribution >= 4 is 0 Å².